The van der Waals surface area contributed by atoms with Crippen molar-refractivity contribution in [2.75, 3.05) is 6.54 Å². The van der Waals surface area contributed by atoms with Gasteiger partial charge in [0.05, 0.1) is 22.1 Å². The number of Topliss-reactive ketones (excluding diaryl/α,β-unsaturated/α-hetero) is 1. The summed E-state index contributed by atoms with van der Waals surface area (Å²) in [5.41, 5.74) is 3.93. The molecule has 2 aliphatic heterocycles. The first-order chi connectivity index (χ1) is 22.1. The zero-order valence-electron chi connectivity index (χ0n) is 25.8. The number of benzene rings is 3. The van der Waals surface area contributed by atoms with E-state index in [1.807, 2.05) is 86.7 Å². The lowest BCUT2D eigenvalue weighted by Crippen LogP contribution is -2.32. The number of ether oxygens (including phenoxy) is 1. The van der Waals surface area contributed by atoms with Gasteiger partial charge < -0.3 is 14.9 Å². The van der Waals surface area contributed by atoms with Crippen LogP contribution >= 0.6 is 0 Å². The number of aromatic hydroxyl groups is 1. The van der Waals surface area contributed by atoms with E-state index in [0.29, 0.717) is 23.6 Å². The molecule has 0 saturated carbocycles. The Morgan fingerprint density at radius 1 is 0.870 bits per heavy atom. The van der Waals surface area contributed by atoms with Crippen molar-refractivity contribution in [1.29, 1.82) is 0 Å². The zero-order valence-corrected chi connectivity index (χ0v) is 25.8. The first kappa shape index (κ1) is 29.2. The SMILES string of the molecule is CCCC[N+]1=C(/C=C2\C(=O)C(/C=C3/C=C(c4ccccc4)Oc4ccccc43)=C2O)C(C)(C)c2cc(-c3c(O)c(=O)c3=O)ccc21. The van der Waals surface area contributed by atoms with E-state index in [2.05, 4.69) is 11.5 Å². The van der Waals surface area contributed by atoms with Gasteiger partial charge in [0.1, 0.15) is 23.8 Å². The highest BCUT2D eigenvalue weighted by Crippen LogP contribution is 2.45. The number of carbonyl (C=O) groups excluding carboxylic acids is 1. The second kappa shape index (κ2) is 10.8. The van der Waals surface area contributed by atoms with E-state index in [4.69, 9.17) is 4.74 Å². The van der Waals surface area contributed by atoms with Crippen LogP contribution in [0.4, 0.5) is 5.69 Å². The Kier molecular flexibility index (Phi) is 6.85. The summed E-state index contributed by atoms with van der Waals surface area (Å²) in [7, 11) is 0. The molecule has 4 aromatic carbocycles. The number of hydrogen-bond acceptors (Lipinski definition) is 6. The van der Waals surface area contributed by atoms with Crippen LogP contribution in [0.15, 0.2) is 118 Å². The van der Waals surface area contributed by atoms with E-state index in [1.54, 1.807) is 18.2 Å². The highest BCUT2D eigenvalue weighted by Gasteiger charge is 2.46. The number of aliphatic hydroxyl groups excluding tert-OH is 1. The third-order valence-corrected chi connectivity index (χ3v) is 9.14. The maximum atomic E-state index is 13.7. The molecule has 1 aliphatic carbocycles. The Balaban J connectivity index is 1.29. The molecule has 0 saturated heterocycles. The Labute approximate surface area is 265 Å². The van der Waals surface area contributed by atoms with Gasteiger partial charge in [0.15, 0.2) is 11.5 Å². The second-order valence-electron chi connectivity index (χ2n) is 12.4. The van der Waals surface area contributed by atoms with Gasteiger partial charge in [-0.2, -0.15) is 4.58 Å². The molecule has 4 aromatic rings. The van der Waals surface area contributed by atoms with Gasteiger partial charge in [0, 0.05) is 35.3 Å². The van der Waals surface area contributed by atoms with Crippen LogP contribution in [0.2, 0.25) is 0 Å². The van der Waals surface area contributed by atoms with E-state index < -0.39 is 22.0 Å². The number of fused-ring (bicyclic) bond motifs is 2. The summed E-state index contributed by atoms with van der Waals surface area (Å²) in [6.45, 7) is 6.85. The predicted molar refractivity (Wildman–Crippen MR) is 178 cm³/mol. The molecule has 0 spiro atoms. The Morgan fingerprint density at radius 3 is 2.33 bits per heavy atom. The minimum atomic E-state index is -0.871. The maximum absolute atomic E-state index is 13.7. The molecule has 2 N–H and O–H groups in total. The highest BCUT2D eigenvalue weighted by atomic mass is 16.5. The Bertz CT molecular complexity index is 2200. The summed E-state index contributed by atoms with van der Waals surface area (Å²) < 4.78 is 8.33. The molecule has 0 bridgehead atoms. The van der Waals surface area contributed by atoms with Gasteiger partial charge in [-0.1, -0.05) is 61.9 Å². The molecule has 46 heavy (non-hydrogen) atoms. The molecule has 228 valence electrons. The van der Waals surface area contributed by atoms with Crippen molar-refractivity contribution in [3.05, 3.63) is 145 Å². The smallest absolute Gasteiger partial charge is 0.268 e. The van der Waals surface area contributed by atoms with Crippen molar-refractivity contribution < 1.29 is 24.3 Å². The van der Waals surface area contributed by atoms with Crippen molar-refractivity contribution in [2.24, 2.45) is 0 Å². The van der Waals surface area contributed by atoms with Gasteiger partial charge >= 0.3 is 0 Å². The summed E-state index contributed by atoms with van der Waals surface area (Å²) >= 11 is 0. The van der Waals surface area contributed by atoms with Crippen molar-refractivity contribution in [1.82, 2.24) is 0 Å². The lowest BCUT2D eigenvalue weighted by molar-refractivity contribution is -0.438. The van der Waals surface area contributed by atoms with Gasteiger partial charge in [-0.3, -0.25) is 14.4 Å². The molecule has 0 aromatic heterocycles. The first-order valence-corrected chi connectivity index (χ1v) is 15.4. The van der Waals surface area contributed by atoms with Crippen LogP contribution in [0.1, 0.15) is 50.3 Å². The van der Waals surface area contributed by atoms with Crippen LogP contribution in [-0.2, 0) is 10.2 Å². The van der Waals surface area contributed by atoms with Crippen molar-refractivity contribution in [2.45, 2.75) is 39.0 Å². The Morgan fingerprint density at radius 2 is 1.61 bits per heavy atom. The van der Waals surface area contributed by atoms with Gasteiger partial charge in [-0.15, -0.1) is 0 Å². The van der Waals surface area contributed by atoms with Crippen LogP contribution in [0.5, 0.6) is 11.5 Å². The van der Waals surface area contributed by atoms with E-state index in [1.165, 1.54) is 0 Å². The normalized spacial score (nSPS) is 18.5. The van der Waals surface area contributed by atoms with Gasteiger partial charge in [0.25, 0.3) is 5.43 Å². The van der Waals surface area contributed by atoms with Crippen LogP contribution in [0.3, 0.4) is 0 Å². The number of para-hydroxylation sites is 1. The monoisotopic (exact) mass is 610 g/mol. The molecule has 2 heterocycles. The van der Waals surface area contributed by atoms with Crippen LogP contribution < -0.4 is 15.6 Å². The van der Waals surface area contributed by atoms with Crippen molar-refractivity contribution >= 4 is 28.5 Å². The van der Waals surface area contributed by atoms with Crippen LogP contribution in [0, 0.1) is 0 Å². The molecule has 0 atom stereocenters. The van der Waals surface area contributed by atoms with Gasteiger partial charge in [0.2, 0.25) is 16.9 Å². The predicted octanol–water partition coefficient (Wildman–Crippen LogP) is 6.67. The van der Waals surface area contributed by atoms with Crippen molar-refractivity contribution in [3.63, 3.8) is 0 Å². The standard InChI is InChI=1S/C39H31NO6/c1-4-5-17-40-29-16-15-23(33-36(43)38(45)37(33)44)19-28(29)39(2,3)32(40)21-27-34(41)26(35(27)42)18-24-20-31(22-11-7-6-8-12-22)46-30-14-10-9-13-25(24)30/h6-16,18-21H,4-5,17H2,1-3H3,(H-,41,42,43,44)/p+1/b24-18-. The highest BCUT2D eigenvalue weighted by molar-refractivity contribution is 6.24. The molecule has 7 nitrogen and oxygen atoms in total. The molecule has 0 amide bonds. The number of ketones is 1. The number of allylic oxidation sites excluding steroid dienone is 6. The molecule has 0 unspecified atom stereocenters. The number of rotatable bonds is 7. The summed E-state index contributed by atoms with van der Waals surface area (Å²) in [6, 6.07) is 22.8. The van der Waals surface area contributed by atoms with E-state index in [9.17, 15) is 24.6 Å². The van der Waals surface area contributed by atoms with E-state index in [-0.39, 0.29) is 28.3 Å². The largest absolute Gasteiger partial charge is 0.506 e. The average Bonchev–Trinajstić information content (AvgIpc) is 3.29. The number of hydrogen-bond donors (Lipinski definition) is 2. The number of carbonyl (C=O) groups is 1. The minimum Gasteiger partial charge on any atom is -0.506 e. The molecule has 7 heteroatoms. The fraction of sp³-hybridized carbons (Fsp3) is 0.179. The molecular weight excluding hydrogens is 578 g/mol. The molecule has 0 radical (unpaired) electrons. The van der Waals surface area contributed by atoms with E-state index in [0.717, 1.165) is 46.5 Å². The quantitative estimate of drug-likeness (QED) is 0.138. The third kappa shape index (κ3) is 4.42. The van der Waals surface area contributed by atoms with Crippen LogP contribution in [-0.4, -0.2) is 32.8 Å². The topological polar surface area (TPSA) is 104 Å². The lowest BCUT2D eigenvalue weighted by atomic mass is 9.77. The number of aliphatic hydroxyl groups is 1. The number of unbranched alkanes of at least 4 members (excludes halogenated alkanes) is 1. The lowest BCUT2D eigenvalue weighted by Gasteiger charge is -2.24. The molecule has 3 aliphatic rings. The molecule has 0 fully saturated rings. The zero-order chi connectivity index (χ0) is 32.3. The van der Waals surface area contributed by atoms with Gasteiger partial charge in [-0.05, 0) is 55.3 Å². The van der Waals surface area contributed by atoms with Crippen LogP contribution in [0.25, 0.3) is 22.5 Å². The third-order valence-electron chi connectivity index (χ3n) is 9.14. The fourth-order valence-electron chi connectivity index (χ4n) is 6.52. The minimum absolute atomic E-state index is 0.0297. The van der Waals surface area contributed by atoms with Gasteiger partial charge in [-0.25, -0.2) is 0 Å². The first-order valence-electron chi connectivity index (χ1n) is 15.4. The Hall–Kier alpha value is -5.56. The summed E-state index contributed by atoms with van der Waals surface area (Å²) in [5.74, 6) is 0.483. The molecule has 7 rings (SSSR count). The molecular formula is C39H32NO6+. The van der Waals surface area contributed by atoms with E-state index >= 15 is 0 Å². The second-order valence-corrected chi connectivity index (χ2v) is 12.4. The maximum Gasteiger partial charge on any atom is 0.268 e. The van der Waals surface area contributed by atoms with Crippen molar-refractivity contribution in [3.8, 4) is 22.6 Å². The fourth-order valence-corrected chi connectivity index (χ4v) is 6.52. The number of nitrogens with zero attached hydrogens (tertiary/aromatic N) is 1. The summed E-state index contributed by atoms with van der Waals surface area (Å²) in [4.78, 5) is 37.6. The summed E-state index contributed by atoms with van der Waals surface area (Å²) in [6.07, 6.45) is 7.23. The summed E-state index contributed by atoms with van der Waals surface area (Å²) in [5, 5.41) is 21.4. The average molecular weight is 611 g/mol.